The van der Waals surface area contributed by atoms with Gasteiger partial charge in [0, 0.05) is 22.4 Å². The Labute approximate surface area is 180 Å². The molecule has 0 spiro atoms. The van der Waals surface area contributed by atoms with Crippen LogP contribution in [0.3, 0.4) is 0 Å². The first-order valence-electron chi connectivity index (χ1n) is 11.1. The Kier molecular flexibility index (Phi) is 5.63. The molecule has 1 saturated heterocycles. The minimum atomic E-state index is -0.163. The van der Waals surface area contributed by atoms with Crippen molar-refractivity contribution < 1.29 is 9.53 Å². The Morgan fingerprint density at radius 3 is 2.13 bits per heavy atom. The third-order valence-corrected chi connectivity index (χ3v) is 7.10. The molecule has 160 valence electrons. The minimum absolute atomic E-state index is 0.00354. The van der Waals surface area contributed by atoms with E-state index in [0.717, 1.165) is 24.4 Å². The smallest absolute Gasteiger partial charge is 0.251 e. The van der Waals surface area contributed by atoms with E-state index in [9.17, 15) is 4.79 Å². The first kappa shape index (κ1) is 20.9. The number of carbonyl (C=O) groups excluding carboxylic acids is 1. The van der Waals surface area contributed by atoms with Gasteiger partial charge in [-0.05, 0) is 61.7 Å². The van der Waals surface area contributed by atoms with Crippen LogP contribution in [0.1, 0.15) is 62.4 Å². The van der Waals surface area contributed by atoms with Crippen LogP contribution in [0.25, 0.3) is 0 Å². The predicted octanol–water partition coefficient (Wildman–Crippen LogP) is 4.77. The number of nitrogens with one attached hydrogen (secondary N) is 2. The Hall–Kier alpha value is -2.33. The SMILES string of the molecule is CC1(C)[C@H](NC(=O)c2ccc(C3CCNCC3)cc2)C(C)(C)[C@H]1Oc1ccccc1. The van der Waals surface area contributed by atoms with Crippen molar-refractivity contribution in [2.75, 3.05) is 13.1 Å². The summed E-state index contributed by atoms with van der Waals surface area (Å²) in [5.74, 6) is 1.47. The lowest BCUT2D eigenvalue weighted by Crippen LogP contribution is -2.74. The highest BCUT2D eigenvalue weighted by molar-refractivity contribution is 5.94. The number of rotatable bonds is 5. The second kappa shape index (κ2) is 8.07. The second-order valence-electron chi connectivity index (χ2n) is 10.0. The molecule has 2 aromatic carbocycles. The zero-order valence-electron chi connectivity index (χ0n) is 18.6. The monoisotopic (exact) mass is 406 g/mol. The molecule has 1 aliphatic heterocycles. The van der Waals surface area contributed by atoms with Gasteiger partial charge in [0.1, 0.15) is 11.9 Å². The summed E-state index contributed by atoms with van der Waals surface area (Å²) in [6, 6.07) is 18.2. The second-order valence-corrected chi connectivity index (χ2v) is 10.0. The van der Waals surface area contributed by atoms with Crippen LogP contribution in [0.4, 0.5) is 0 Å². The molecule has 1 amide bonds. The molecule has 0 bridgehead atoms. The fraction of sp³-hybridized carbons (Fsp3) is 0.500. The van der Waals surface area contributed by atoms with E-state index < -0.39 is 0 Å². The van der Waals surface area contributed by atoms with Crippen molar-refractivity contribution in [1.29, 1.82) is 0 Å². The van der Waals surface area contributed by atoms with Gasteiger partial charge in [0.05, 0.1) is 0 Å². The van der Waals surface area contributed by atoms with Crippen LogP contribution in [0, 0.1) is 10.8 Å². The standard InChI is InChI=1S/C26H34N2O2/c1-25(2)23(26(3,4)24(25)30-21-8-6-5-7-9-21)28-22(29)20-12-10-18(11-13-20)19-14-16-27-17-15-19/h5-13,19,23-24,27H,14-17H2,1-4H3,(H,28,29)/t23-,24-. The molecule has 2 aliphatic rings. The average molecular weight is 407 g/mol. The number of piperidine rings is 1. The van der Waals surface area contributed by atoms with E-state index in [4.69, 9.17) is 4.74 Å². The maximum Gasteiger partial charge on any atom is 0.251 e. The number of para-hydroxylation sites is 1. The van der Waals surface area contributed by atoms with Crippen LogP contribution in [0.5, 0.6) is 5.75 Å². The molecule has 2 aromatic rings. The number of amides is 1. The molecule has 30 heavy (non-hydrogen) atoms. The third-order valence-electron chi connectivity index (χ3n) is 7.10. The molecule has 2 fully saturated rings. The first-order valence-corrected chi connectivity index (χ1v) is 11.1. The van der Waals surface area contributed by atoms with Crippen LogP contribution in [-0.2, 0) is 0 Å². The summed E-state index contributed by atoms with van der Waals surface area (Å²) in [4.78, 5) is 13.0. The maximum absolute atomic E-state index is 13.0. The van der Waals surface area contributed by atoms with Crippen molar-refractivity contribution in [3.63, 3.8) is 0 Å². The number of benzene rings is 2. The van der Waals surface area contributed by atoms with Gasteiger partial charge in [0.15, 0.2) is 0 Å². The van der Waals surface area contributed by atoms with Crippen LogP contribution in [-0.4, -0.2) is 31.1 Å². The quantitative estimate of drug-likeness (QED) is 0.752. The minimum Gasteiger partial charge on any atom is -0.489 e. The number of hydrogen-bond acceptors (Lipinski definition) is 3. The van der Waals surface area contributed by atoms with Gasteiger partial charge in [-0.1, -0.05) is 58.0 Å². The van der Waals surface area contributed by atoms with Gasteiger partial charge >= 0.3 is 0 Å². The van der Waals surface area contributed by atoms with Gasteiger partial charge < -0.3 is 15.4 Å². The molecule has 1 aliphatic carbocycles. The van der Waals surface area contributed by atoms with Gasteiger partial charge in [-0.3, -0.25) is 4.79 Å². The molecule has 1 heterocycles. The zero-order chi connectivity index (χ0) is 21.4. The van der Waals surface area contributed by atoms with Crippen LogP contribution in [0.15, 0.2) is 54.6 Å². The lowest BCUT2D eigenvalue weighted by molar-refractivity contribution is -0.164. The number of hydrogen-bond donors (Lipinski definition) is 2. The summed E-state index contributed by atoms with van der Waals surface area (Å²) in [5.41, 5.74) is 1.74. The summed E-state index contributed by atoms with van der Waals surface area (Å²) in [7, 11) is 0. The molecular formula is C26H34N2O2. The summed E-state index contributed by atoms with van der Waals surface area (Å²) in [6.07, 6.45) is 2.36. The van der Waals surface area contributed by atoms with E-state index in [1.807, 2.05) is 42.5 Å². The van der Waals surface area contributed by atoms with Gasteiger partial charge in [0.25, 0.3) is 5.91 Å². The van der Waals surface area contributed by atoms with E-state index in [0.29, 0.717) is 5.92 Å². The fourth-order valence-corrected chi connectivity index (χ4v) is 5.71. The van der Waals surface area contributed by atoms with Crippen molar-refractivity contribution in [2.45, 2.75) is 58.6 Å². The molecule has 1 saturated carbocycles. The van der Waals surface area contributed by atoms with Gasteiger partial charge in [0.2, 0.25) is 0 Å². The summed E-state index contributed by atoms with van der Waals surface area (Å²) >= 11 is 0. The fourth-order valence-electron chi connectivity index (χ4n) is 5.71. The van der Waals surface area contributed by atoms with Crippen molar-refractivity contribution >= 4 is 5.91 Å². The lowest BCUT2D eigenvalue weighted by Gasteiger charge is -2.63. The van der Waals surface area contributed by atoms with Crippen molar-refractivity contribution in [3.05, 3.63) is 65.7 Å². The Morgan fingerprint density at radius 2 is 1.53 bits per heavy atom. The van der Waals surface area contributed by atoms with E-state index in [1.165, 1.54) is 18.4 Å². The molecule has 0 aromatic heterocycles. The lowest BCUT2D eigenvalue weighted by atomic mass is 9.49. The van der Waals surface area contributed by atoms with Crippen molar-refractivity contribution in [2.24, 2.45) is 10.8 Å². The molecule has 2 N–H and O–H groups in total. The normalized spacial score (nSPS) is 25.2. The van der Waals surface area contributed by atoms with Crippen molar-refractivity contribution in [1.82, 2.24) is 10.6 Å². The Balaban J connectivity index is 1.42. The van der Waals surface area contributed by atoms with Crippen molar-refractivity contribution in [3.8, 4) is 5.75 Å². The largest absolute Gasteiger partial charge is 0.489 e. The van der Waals surface area contributed by atoms with Gasteiger partial charge in [-0.25, -0.2) is 0 Å². The van der Waals surface area contributed by atoms with Crippen LogP contribution < -0.4 is 15.4 Å². The zero-order valence-corrected chi connectivity index (χ0v) is 18.6. The number of ether oxygens (including phenoxy) is 1. The topological polar surface area (TPSA) is 50.4 Å². The highest BCUT2D eigenvalue weighted by atomic mass is 16.5. The molecule has 0 radical (unpaired) electrons. The van der Waals surface area contributed by atoms with E-state index in [1.54, 1.807) is 0 Å². The summed E-state index contributed by atoms with van der Waals surface area (Å²) in [6.45, 7) is 10.9. The maximum atomic E-state index is 13.0. The third kappa shape index (κ3) is 3.85. The Morgan fingerprint density at radius 1 is 0.933 bits per heavy atom. The van der Waals surface area contributed by atoms with E-state index >= 15 is 0 Å². The molecule has 4 nitrogen and oxygen atoms in total. The highest BCUT2D eigenvalue weighted by Crippen LogP contribution is 2.55. The molecule has 0 atom stereocenters. The Bertz CT molecular complexity index is 852. The molecular weight excluding hydrogens is 372 g/mol. The van der Waals surface area contributed by atoms with Gasteiger partial charge in [-0.15, -0.1) is 0 Å². The molecule has 4 rings (SSSR count). The van der Waals surface area contributed by atoms with E-state index in [2.05, 4.69) is 50.5 Å². The highest BCUT2D eigenvalue weighted by Gasteiger charge is 2.64. The molecule has 4 heteroatoms. The van der Waals surface area contributed by atoms with Crippen LogP contribution >= 0.6 is 0 Å². The predicted molar refractivity (Wildman–Crippen MR) is 121 cm³/mol. The van der Waals surface area contributed by atoms with E-state index in [-0.39, 0.29) is 28.9 Å². The number of carbonyl (C=O) groups is 1. The van der Waals surface area contributed by atoms with Gasteiger partial charge in [-0.2, -0.15) is 0 Å². The molecule has 0 unspecified atom stereocenters. The average Bonchev–Trinajstić information content (AvgIpc) is 2.76. The summed E-state index contributed by atoms with van der Waals surface area (Å²) in [5, 5.41) is 6.71. The summed E-state index contributed by atoms with van der Waals surface area (Å²) < 4.78 is 6.32. The van der Waals surface area contributed by atoms with Crippen LogP contribution in [0.2, 0.25) is 0 Å². The first-order chi connectivity index (χ1) is 14.3.